The molecule has 25 heavy (non-hydrogen) atoms. The highest BCUT2D eigenvalue weighted by atomic mass is 32.1. The van der Waals surface area contributed by atoms with Gasteiger partial charge in [-0.2, -0.15) is 0 Å². The number of amides is 2. The Morgan fingerprint density at radius 2 is 2.16 bits per heavy atom. The summed E-state index contributed by atoms with van der Waals surface area (Å²) in [6, 6.07) is 4.62. The maximum absolute atomic E-state index is 12.5. The monoisotopic (exact) mass is 360 g/mol. The second-order valence-corrected chi connectivity index (χ2v) is 7.60. The Morgan fingerprint density at radius 3 is 2.96 bits per heavy atom. The van der Waals surface area contributed by atoms with Gasteiger partial charge in [-0.05, 0) is 25.3 Å². The molecule has 1 unspecified atom stereocenters. The fourth-order valence-electron chi connectivity index (χ4n) is 3.60. The number of nitrogens with zero attached hydrogens (tertiary/aromatic N) is 3. The number of aromatic nitrogens is 1. The first kappa shape index (κ1) is 15.9. The Hall–Kier alpha value is -2.55. The molecule has 130 valence electrons. The van der Waals surface area contributed by atoms with E-state index in [1.54, 1.807) is 6.07 Å². The van der Waals surface area contributed by atoms with Crippen LogP contribution in [0.25, 0.3) is 10.2 Å². The summed E-state index contributed by atoms with van der Waals surface area (Å²) in [6.45, 7) is 1.21. The molecule has 2 saturated heterocycles. The number of rotatable bonds is 2. The van der Waals surface area contributed by atoms with E-state index in [-0.39, 0.29) is 17.5 Å². The van der Waals surface area contributed by atoms with E-state index >= 15 is 0 Å². The van der Waals surface area contributed by atoms with Crippen LogP contribution in [0.1, 0.15) is 25.7 Å². The van der Waals surface area contributed by atoms with Crippen LogP contribution in [0.4, 0.5) is 10.8 Å². The van der Waals surface area contributed by atoms with Crippen LogP contribution >= 0.6 is 11.3 Å². The summed E-state index contributed by atoms with van der Waals surface area (Å²) < 4.78 is 0.755. The van der Waals surface area contributed by atoms with Crippen molar-refractivity contribution in [1.82, 2.24) is 10.3 Å². The first-order valence-electron chi connectivity index (χ1n) is 8.11. The maximum atomic E-state index is 12.5. The van der Waals surface area contributed by atoms with Crippen molar-refractivity contribution in [2.45, 2.75) is 25.7 Å². The van der Waals surface area contributed by atoms with Crippen LogP contribution in [0.2, 0.25) is 0 Å². The minimum absolute atomic E-state index is 0.0438. The molecule has 1 aromatic heterocycles. The fourth-order valence-corrected chi connectivity index (χ4v) is 4.62. The van der Waals surface area contributed by atoms with E-state index in [1.807, 2.05) is 4.90 Å². The van der Waals surface area contributed by atoms with E-state index < -0.39 is 10.3 Å². The van der Waals surface area contributed by atoms with Gasteiger partial charge in [0.1, 0.15) is 0 Å². The zero-order valence-corrected chi connectivity index (χ0v) is 14.2. The van der Waals surface area contributed by atoms with Gasteiger partial charge in [0.15, 0.2) is 5.13 Å². The van der Waals surface area contributed by atoms with Gasteiger partial charge in [-0.3, -0.25) is 25.0 Å². The summed E-state index contributed by atoms with van der Waals surface area (Å²) in [5.41, 5.74) is 0.213. The second kappa shape index (κ2) is 5.76. The molecule has 2 fully saturated rings. The van der Waals surface area contributed by atoms with Gasteiger partial charge in [0, 0.05) is 31.6 Å². The van der Waals surface area contributed by atoms with Crippen molar-refractivity contribution in [2.24, 2.45) is 5.41 Å². The number of imide groups is 1. The summed E-state index contributed by atoms with van der Waals surface area (Å²) >= 11 is 1.39. The van der Waals surface area contributed by atoms with E-state index in [4.69, 9.17) is 0 Å². The van der Waals surface area contributed by atoms with Gasteiger partial charge in [0.2, 0.25) is 11.8 Å². The minimum atomic E-state index is -0.546. The van der Waals surface area contributed by atoms with Crippen molar-refractivity contribution in [1.29, 1.82) is 0 Å². The van der Waals surface area contributed by atoms with Gasteiger partial charge in [-0.1, -0.05) is 11.3 Å². The Balaban J connectivity index is 1.61. The molecule has 8 nitrogen and oxygen atoms in total. The Morgan fingerprint density at radius 1 is 1.32 bits per heavy atom. The topological polar surface area (TPSA) is 105 Å². The highest BCUT2D eigenvalue weighted by Gasteiger charge is 2.46. The van der Waals surface area contributed by atoms with Crippen LogP contribution in [-0.4, -0.2) is 34.8 Å². The lowest BCUT2D eigenvalue weighted by Crippen LogP contribution is -2.43. The number of nitro groups is 1. The molecule has 9 heteroatoms. The highest BCUT2D eigenvalue weighted by molar-refractivity contribution is 7.22. The Kier molecular flexibility index (Phi) is 3.68. The molecule has 0 bridgehead atoms. The number of thiazole rings is 1. The Labute approximate surface area is 147 Å². The lowest BCUT2D eigenvalue weighted by Gasteiger charge is -2.25. The third-order valence-electron chi connectivity index (χ3n) is 4.99. The molecule has 2 aromatic rings. The predicted octanol–water partition coefficient (Wildman–Crippen LogP) is 2.23. The minimum Gasteiger partial charge on any atom is -0.347 e. The number of carbonyl (C=O) groups excluding carboxylic acids is 2. The van der Waals surface area contributed by atoms with E-state index in [2.05, 4.69) is 10.3 Å². The van der Waals surface area contributed by atoms with Gasteiger partial charge in [0.05, 0.1) is 20.6 Å². The van der Waals surface area contributed by atoms with Crippen LogP contribution in [0, 0.1) is 15.5 Å². The van der Waals surface area contributed by atoms with E-state index in [0.29, 0.717) is 44.3 Å². The van der Waals surface area contributed by atoms with Gasteiger partial charge >= 0.3 is 0 Å². The maximum Gasteiger partial charge on any atom is 0.270 e. The molecule has 0 saturated carbocycles. The van der Waals surface area contributed by atoms with Crippen molar-refractivity contribution in [2.75, 3.05) is 18.0 Å². The summed E-state index contributed by atoms with van der Waals surface area (Å²) in [5, 5.41) is 14.2. The SMILES string of the molecule is O=C1CCCC2(CCN(c3nc4ccc([N+](=O)[O-])cc4s3)C2)C(=O)N1. The molecule has 1 spiro atoms. The number of nitro benzene ring substituents is 1. The van der Waals surface area contributed by atoms with Gasteiger partial charge in [0.25, 0.3) is 5.69 Å². The number of non-ortho nitro benzene ring substituents is 1. The van der Waals surface area contributed by atoms with Crippen molar-refractivity contribution < 1.29 is 14.5 Å². The second-order valence-electron chi connectivity index (χ2n) is 6.59. The molecule has 2 aliphatic heterocycles. The number of fused-ring (bicyclic) bond motifs is 1. The zero-order chi connectivity index (χ0) is 17.6. The lowest BCUT2D eigenvalue weighted by molar-refractivity contribution is -0.384. The number of hydrogen-bond donors (Lipinski definition) is 1. The smallest absolute Gasteiger partial charge is 0.270 e. The fraction of sp³-hybridized carbons (Fsp3) is 0.438. The van der Waals surface area contributed by atoms with Crippen LogP contribution in [0.3, 0.4) is 0 Å². The quantitative estimate of drug-likeness (QED) is 0.500. The number of hydrogen-bond acceptors (Lipinski definition) is 7. The summed E-state index contributed by atoms with van der Waals surface area (Å²) in [4.78, 5) is 41.1. The largest absolute Gasteiger partial charge is 0.347 e. The average molecular weight is 360 g/mol. The Bertz CT molecular complexity index is 895. The van der Waals surface area contributed by atoms with Gasteiger partial charge in [-0.25, -0.2) is 4.98 Å². The number of anilines is 1. The van der Waals surface area contributed by atoms with Crippen LogP contribution in [-0.2, 0) is 9.59 Å². The standard InChI is InChI=1S/C16H16N4O4S/c21-13-2-1-5-16(14(22)18-13)6-7-19(9-16)15-17-11-4-3-10(20(23)24)8-12(11)25-15/h3-4,8H,1-2,5-7,9H2,(H,18,21,22). The first-order chi connectivity index (χ1) is 12.0. The van der Waals surface area contributed by atoms with Crippen LogP contribution in [0.15, 0.2) is 18.2 Å². The zero-order valence-electron chi connectivity index (χ0n) is 13.4. The molecule has 1 aromatic carbocycles. The average Bonchev–Trinajstić information content (AvgIpc) is 3.15. The number of carbonyl (C=O) groups is 2. The molecular formula is C16H16N4O4S. The highest BCUT2D eigenvalue weighted by Crippen LogP contribution is 2.41. The number of benzene rings is 1. The molecule has 1 N–H and O–H groups in total. The molecule has 2 aliphatic rings. The van der Waals surface area contributed by atoms with Crippen LogP contribution in [0.5, 0.6) is 0 Å². The summed E-state index contributed by atoms with van der Waals surface area (Å²) in [6.07, 6.45) is 2.47. The third kappa shape index (κ3) is 2.74. The number of nitrogens with one attached hydrogen (secondary N) is 1. The third-order valence-corrected chi connectivity index (χ3v) is 6.07. The predicted molar refractivity (Wildman–Crippen MR) is 92.5 cm³/mol. The molecule has 1 atom stereocenters. The van der Waals surface area contributed by atoms with E-state index in [1.165, 1.54) is 23.5 Å². The molecule has 0 aliphatic carbocycles. The van der Waals surface area contributed by atoms with Crippen molar-refractivity contribution in [3.05, 3.63) is 28.3 Å². The van der Waals surface area contributed by atoms with Crippen molar-refractivity contribution in [3.8, 4) is 0 Å². The van der Waals surface area contributed by atoms with Crippen molar-refractivity contribution >= 4 is 44.2 Å². The summed E-state index contributed by atoms with van der Waals surface area (Å²) in [7, 11) is 0. The molecular weight excluding hydrogens is 344 g/mol. The van der Waals surface area contributed by atoms with Crippen molar-refractivity contribution in [3.63, 3.8) is 0 Å². The van der Waals surface area contributed by atoms with Crippen LogP contribution < -0.4 is 10.2 Å². The molecule has 0 radical (unpaired) electrons. The molecule has 2 amide bonds. The normalized spacial score (nSPS) is 23.9. The first-order valence-corrected chi connectivity index (χ1v) is 8.93. The van der Waals surface area contributed by atoms with E-state index in [0.717, 1.165) is 9.83 Å². The molecule has 4 rings (SSSR count). The lowest BCUT2D eigenvalue weighted by atomic mass is 9.82. The van der Waals surface area contributed by atoms with Gasteiger partial charge < -0.3 is 4.90 Å². The molecule has 3 heterocycles. The summed E-state index contributed by atoms with van der Waals surface area (Å²) in [5.74, 6) is -0.387. The van der Waals surface area contributed by atoms with Gasteiger partial charge in [-0.15, -0.1) is 0 Å². The van der Waals surface area contributed by atoms with E-state index in [9.17, 15) is 19.7 Å².